The van der Waals surface area contributed by atoms with Crippen LogP contribution in [0.15, 0.2) is 0 Å². The molecular weight excluding hydrogens is 95.1 g/mol. The molecule has 0 aromatic carbocycles. The van der Waals surface area contributed by atoms with Gasteiger partial charge in [0.15, 0.2) is 0 Å². The predicted octanol–water partition coefficient (Wildman–Crippen LogP) is -4.10. The van der Waals surface area contributed by atoms with Gasteiger partial charge in [-0.1, -0.05) is 0 Å². The minimum absolute atomic E-state index is 0. The molecule has 0 aliphatic heterocycles. The van der Waals surface area contributed by atoms with Crippen LogP contribution in [0.2, 0.25) is 6.55 Å². The van der Waals surface area contributed by atoms with E-state index in [4.69, 9.17) is 9.26 Å². The van der Waals surface area contributed by atoms with E-state index in [1.165, 1.54) is 0 Å². The summed E-state index contributed by atoms with van der Waals surface area (Å²) >= 11 is 0. The van der Waals surface area contributed by atoms with Gasteiger partial charge < -0.3 is 9.26 Å². The molecule has 0 aliphatic carbocycles. The van der Waals surface area contributed by atoms with Crippen LogP contribution in [-0.4, -0.2) is 8.93 Å². The number of hydrogen-bond donors (Lipinski definition) is 0. The molecule has 0 radical (unpaired) electrons. The van der Waals surface area contributed by atoms with E-state index in [2.05, 4.69) is 0 Å². The average Bonchev–Trinajstić information content (AvgIpc) is 0.811. The molecule has 0 aliphatic rings. The zero-order valence-corrected chi connectivity index (χ0v) is 6.32. The van der Waals surface area contributed by atoms with Crippen LogP contribution in [0.1, 0.15) is 0 Å². The van der Waals surface area contributed by atoms with Gasteiger partial charge in [0.25, 0.3) is 0 Å². The Bertz CT molecular complexity index is 32.6. The molecule has 0 atom stereocenters. The first-order valence-corrected chi connectivity index (χ1v) is 2.72. The third-order valence-corrected chi connectivity index (χ3v) is 0. The smallest absolute Gasteiger partial charge is 0.588 e. The van der Waals surface area contributed by atoms with E-state index in [-0.39, 0.29) is 29.6 Å². The molecular formula is CH3NaO2Si. The van der Waals surface area contributed by atoms with E-state index in [0.717, 1.165) is 6.55 Å². The van der Waals surface area contributed by atoms with Crippen LogP contribution in [0.5, 0.6) is 0 Å². The molecule has 0 saturated carbocycles. The van der Waals surface area contributed by atoms with Crippen molar-refractivity contribution in [3.8, 4) is 0 Å². The standard InChI is InChI=1S/CH3O2Si.Na/c1-4(2)3;/h1H3;/q-1;+1. The van der Waals surface area contributed by atoms with E-state index in [1.54, 1.807) is 0 Å². The topological polar surface area (TPSA) is 40.1 Å². The van der Waals surface area contributed by atoms with Gasteiger partial charge in [0.2, 0.25) is 0 Å². The van der Waals surface area contributed by atoms with Gasteiger partial charge >= 0.3 is 29.6 Å². The van der Waals surface area contributed by atoms with Crippen LogP contribution in [0.4, 0.5) is 0 Å². The SMILES string of the molecule is C[Si](=O)[O-].[Na+]. The van der Waals surface area contributed by atoms with Crippen molar-refractivity contribution in [1.82, 2.24) is 0 Å². The van der Waals surface area contributed by atoms with Crippen molar-refractivity contribution in [1.29, 1.82) is 0 Å². The van der Waals surface area contributed by atoms with Crippen molar-refractivity contribution in [2.45, 2.75) is 6.55 Å². The van der Waals surface area contributed by atoms with Gasteiger partial charge in [-0.05, 0) is 6.55 Å². The maximum Gasteiger partial charge on any atom is 1.00 e. The zero-order valence-electron chi connectivity index (χ0n) is 3.32. The normalized spacial score (nSPS) is 5.00. The molecule has 0 amide bonds. The molecule has 0 rings (SSSR count). The van der Waals surface area contributed by atoms with Crippen LogP contribution < -0.4 is 34.4 Å². The second-order valence-corrected chi connectivity index (χ2v) is 1.47. The Hall–Kier alpha value is 0.817. The molecule has 4 heteroatoms. The van der Waals surface area contributed by atoms with Gasteiger partial charge in [0, 0.05) is 0 Å². The van der Waals surface area contributed by atoms with Crippen molar-refractivity contribution in [3.63, 3.8) is 0 Å². The molecule has 24 valence electrons. The minimum Gasteiger partial charge on any atom is -0.588 e. The van der Waals surface area contributed by atoms with Crippen LogP contribution in [0.25, 0.3) is 0 Å². The van der Waals surface area contributed by atoms with Crippen molar-refractivity contribution in [2.24, 2.45) is 0 Å². The molecule has 0 fully saturated rings. The van der Waals surface area contributed by atoms with Gasteiger partial charge in [-0.25, -0.2) is 0 Å². The van der Waals surface area contributed by atoms with Crippen LogP contribution in [-0.2, 0) is 4.46 Å². The Kier molecular flexibility index (Phi) is 8.92. The molecule has 0 aromatic heterocycles. The Morgan fingerprint density at radius 2 is 1.80 bits per heavy atom. The summed E-state index contributed by atoms with van der Waals surface area (Å²) in [5, 5.41) is 0. The Labute approximate surface area is 54.3 Å². The third-order valence-electron chi connectivity index (χ3n) is 0. The number of rotatable bonds is 0. The Balaban J connectivity index is 0. The fraction of sp³-hybridized carbons (Fsp3) is 1.00. The molecule has 0 bridgehead atoms. The monoisotopic (exact) mass is 98.0 g/mol. The van der Waals surface area contributed by atoms with E-state index in [0.29, 0.717) is 0 Å². The fourth-order valence-corrected chi connectivity index (χ4v) is 0. The maximum atomic E-state index is 9.07. The average molecular weight is 98.1 g/mol. The van der Waals surface area contributed by atoms with Crippen molar-refractivity contribution < 1.29 is 38.8 Å². The zero-order chi connectivity index (χ0) is 3.58. The first kappa shape index (κ1) is 9.26. The molecule has 0 N–H and O–H groups in total. The molecule has 0 heterocycles. The van der Waals surface area contributed by atoms with Gasteiger partial charge in [0.05, 0.1) is 0 Å². The summed E-state index contributed by atoms with van der Waals surface area (Å²) in [6.45, 7) is 1.16. The minimum atomic E-state index is -2.38. The second-order valence-electron chi connectivity index (χ2n) is 0.492. The number of hydrogen-bond acceptors (Lipinski definition) is 2. The van der Waals surface area contributed by atoms with E-state index < -0.39 is 8.93 Å². The molecule has 5 heavy (non-hydrogen) atoms. The Morgan fingerprint density at radius 3 is 1.80 bits per heavy atom. The van der Waals surface area contributed by atoms with Crippen LogP contribution in [0, 0.1) is 0 Å². The van der Waals surface area contributed by atoms with E-state index in [1.807, 2.05) is 0 Å². The summed E-state index contributed by atoms with van der Waals surface area (Å²) in [6.07, 6.45) is 0. The summed E-state index contributed by atoms with van der Waals surface area (Å²) < 4.78 is 9.07. The van der Waals surface area contributed by atoms with Crippen molar-refractivity contribution in [2.75, 3.05) is 0 Å². The molecule has 2 nitrogen and oxygen atoms in total. The van der Waals surface area contributed by atoms with Crippen molar-refractivity contribution >= 4 is 8.93 Å². The Morgan fingerprint density at radius 1 is 1.80 bits per heavy atom. The summed E-state index contributed by atoms with van der Waals surface area (Å²) in [6, 6.07) is 0. The van der Waals surface area contributed by atoms with E-state index in [9.17, 15) is 0 Å². The predicted molar refractivity (Wildman–Crippen MR) is 12.3 cm³/mol. The molecule has 0 aromatic rings. The second kappa shape index (κ2) is 4.82. The largest absolute Gasteiger partial charge is 1.00 e. The first-order valence-electron chi connectivity index (χ1n) is 0.908. The molecule has 0 spiro atoms. The summed E-state index contributed by atoms with van der Waals surface area (Å²) in [5.41, 5.74) is 0. The van der Waals surface area contributed by atoms with E-state index >= 15 is 0 Å². The summed E-state index contributed by atoms with van der Waals surface area (Å²) in [4.78, 5) is 9.07. The summed E-state index contributed by atoms with van der Waals surface area (Å²) in [5.74, 6) is 0. The van der Waals surface area contributed by atoms with Gasteiger partial charge in [-0.2, -0.15) is 0 Å². The van der Waals surface area contributed by atoms with Crippen LogP contribution in [0.3, 0.4) is 0 Å². The van der Waals surface area contributed by atoms with Gasteiger partial charge in [-0.3, -0.25) is 0 Å². The maximum absolute atomic E-state index is 9.07. The first-order chi connectivity index (χ1) is 1.73. The molecule has 0 saturated heterocycles. The summed E-state index contributed by atoms with van der Waals surface area (Å²) in [7, 11) is -2.38. The quantitative estimate of drug-likeness (QED) is 0.289. The van der Waals surface area contributed by atoms with Crippen molar-refractivity contribution in [3.05, 3.63) is 0 Å². The third kappa shape index (κ3) is 57.3. The van der Waals surface area contributed by atoms with Gasteiger partial charge in [-0.15, -0.1) is 0 Å². The fourth-order valence-electron chi connectivity index (χ4n) is 0. The van der Waals surface area contributed by atoms with Gasteiger partial charge in [0.1, 0.15) is 8.93 Å². The van der Waals surface area contributed by atoms with Crippen LogP contribution >= 0.6 is 0 Å². The molecule has 0 unspecified atom stereocenters.